The summed E-state index contributed by atoms with van der Waals surface area (Å²) >= 11 is 0. The molecule has 4 aromatic rings. The first-order chi connectivity index (χ1) is 12.6. The first-order valence-corrected chi connectivity index (χ1v) is 7.54. The van der Waals surface area contributed by atoms with Gasteiger partial charge in [-0.25, -0.2) is 14.4 Å². The van der Waals surface area contributed by atoms with Crippen LogP contribution in [0.5, 0.6) is 11.5 Å². The molecule has 0 N–H and O–H groups in total. The lowest BCUT2D eigenvalue weighted by Crippen LogP contribution is -2.13. The summed E-state index contributed by atoms with van der Waals surface area (Å²) in [7, 11) is 0. The maximum atomic E-state index is 12.0. The molecule has 0 bridgehead atoms. The number of hydrogen-bond acceptors (Lipinski definition) is 7. The Morgan fingerprint density at radius 3 is 1.54 bits per heavy atom. The van der Waals surface area contributed by atoms with Gasteiger partial charge >= 0.3 is 17.4 Å². The Balaban J connectivity index is 1.55. The first-order valence-electron chi connectivity index (χ1n) is 7.54. The van der Waals surface area contributed by atoms with Gasteiger partial charge in [0.1, 0.15) is 22.7 Å². The predicted molar refractivity (Wildman–Crippen MR) is 91.6 cm³/mol. The van der Waals surface area contributed by atoms with Crippen LogP contribution in [-0.4, -0.2) is 6.16 Å². The summed E-state index contributed by atoms with van der Waals surface area (Å²) in [4.78, 5) is 34.5. The summed E-state index contributed by atoms with van der Waals surface area (Å²) in [6, 6.07) is 15.0. The topological polar surface area (TPSA) is 96.0 Å². The number of rotatable bonds is 2. The molecule has 0 fully saturated rings. The monoisotopic (exact) mass is 350 g/mol. The molecule has 0 saturated heterocycles. The van der Waals surface area contributed by atoms with Crippen molar-refractivity contribution in [3.05, 3.63) is 81.5 Å². The Morgan fingerprint density at radius 1 is 0.654 bits per heavy atom. The SMILES string of the molecule is O=C(Oc1ccc2ccc(=O)oc2c1)Oc1ccc2ccc(=O)oc2c1. The molecule has 4 rings (SSSR count). The van der Waals surface area contributed by atoms with Gasteiger partial charge in [0, 0.05) is 35.0 Å². The number of carbonyl (C=O) groups is 1. The van der Waals surface area contributed by atoms with Crippen molar-refractivity contribution in [3.8, 4) is 11.5 Å². The van der Waals surface area contributed by atoms with Crippen LogP contribution < -0.4 is 20.7 Å². The van der Waals surface area contributed by atoms with Crippen LogP contribution in [0.25, 0.3) is 21.9 Å². The third-order valence-electron chi connectivity index (χ3n) is 3.59. The molecule has 128 valence electrons. The van der Waals surface area contributed by atoms with Gasteiger partial charge in [-0.15, -0.1) is 0 Å². The molecule has 2 aromatic heterocycles. The summed E-state index contributed by atoms with van der Waals surface area (Å²) in [6.45, 7) is 0. The average molecular weight is 350 g/mol. The number of benzene rings is 2. The molecule has 0 spiro atoms. The lowest BCUT2D eigenvalue weighted by Gasteiger charge is -2.06. The zero-order valence-electron chi connectivity index (χ0n) is 13.1. The summed E-state index contributed by atoms with van der Waals surface area (Å²) in [6.07, 6.45) is -0.986. The Hall–Kier alpha value is -3.87. The Morgan fingerprint density at radius 2 is 1.08 bits per heavy atom. The number of carbonyl (C=O) groups excluding carboxylic acids is 1. The molecule has 0 aliphatic heterocycles. The standard InChI is InChI=1S/C19H10O7/c20-17-7-3-11-1-5-13(9-15(11)25-17)23-19(22)24-14-6-2-12-4-8-18(21)26-16(12)10-14/h1-10H. The van der Waals surface area contributed by atoms with Gasteiger partial charge in [0.25, 0.3) is 0 Å². The van der Waals surface area contributed by atoms with Crippen molar-refractivity contribution in [2.45, 2.75) is 0 Å². The normalized spacial score (nSPS) is 10.8. The molecule has 0 atom stereocenters. The fourth-order valence-corrected chi connectivity index (χ4v) is 2.42. The van der Waals surface area contributed by atoms with Gasteiger partial charge < -0.3 is 18.3 Å². The fraction of sp³-hybridized carbons (Fsp3) is 0. The van der Waals surface area contributed by atoms with E-state index in [1.807, 2.05) is 0 Å². The van der Waals surface area contributed by atoms with Crippen LogP contribution >= 0.6 is 0 Å². The lowest BCUT2D eigenvalue weighted by molar-refractivity contribution is 0.152. The van der Waals surface area contributed by atoms with Crippen LogP contribution in [0.3, 0.4) is 0 Å². The average Bonchev–Trinajstić information content (AvgIpc) is 2.61. The quantitative estimate of drug-likeness (QED) is 0.310. The molecule has 0 unspecified atom stereocenters. The Labute approximate surface area is 145 Å². The first kappa shape index (κ1) is 15.6. The largest absolute Gasteiger partial charge is 0.519 e. The van der Waals surface area contributed by atoms with Gasteiger partial charge in [-0.2, -0.15) is 0 Å². The highest BCUT2D eigenvalue weighted by atomic mass is 16.7. The minimum atomic E-state index is -0.986. The highest BCUT2D eigenvalue weighted by molar-refractivity contribution is 5.80. The van der Waals surface area contributed by atoms with Crippen LogP contribution in [0, 0.1) is 0 Å². The second-order valence-corrected chi connectivity index (χ2v) is 5.36. The molecular weight excluding hydrogens is 340 g/mol. The second kappa shape index (κ2) is 6.21. The van der Waals surface area contributed by atoms with Gasteiger partial charge in [-0.05, 0) is 36.4 Å². The Bertz CT molecular complexity index is 1150. The molecule has 0 aliphatic rings. The van der Waals surface area contributed by atoms with Gasteiger partial charge in [0.2, 0.25) is 0 Å². The van der Waals surface area contributed by atoms with E-state index < -0.39 is 17.4 Å². The van der Waals surface area contributed by atoms with Crippen molar-refractivity contribution >= 4 is 28.1 Å². The van der Waals surface area contributed by atoms with Crippen molar-refractivity contribution < 1.29 is 23.1 Å². The van der Waals surface area contributed by atoms with E-state index in [9.17, 15) is 14.4 Å². The van der Waals surface area contributed by atoms with Crippen LogP contribution in [0.2, 0.25) is 0 Å². The molecule has 2 heterocycles. The predicted octanol–water partition coefficient (Wildman–Crippen LogP) is 3.48. The summed E-state index contributed by atoms with van der Waals surface area (Å²) < 4.78 is 20.2. The second-order valence-electron chi connectivity index (χ2n) is 5.36. The Kier molecular flexibility index (Phi) is 3.74. The van der Waals surface area contributed by atoms with E-state index in [-0.39, 0.29) is 22.7 Å². The van der Waals surface area contributed by atoms with E-state index in [1.165, 1.54) is 24.3 Å². The fourth-order valence-electron chi connectivity index (χ4n) is 2.42. The highest BCUT2D eigenvalue weighted by Crippen LogP contribution is 2.22. The zero-order valence-corrected chi connectivity index (χ0v) is 13.1. The van der Waals surface area contributed by atoms with Crippen LogP contribution in [-0.2, 0) is 0 Å². The smallest absolute Gasteiger partial charge is 0.423 e. The number of ether oxygens (including phenoxy) is 2. The van der Waals surface area contributed by atoms with Crippen molar-refractivity contribution in [3.63, 3.8) is 0 Å². The van der Waals surface area contributed by atoms with Gasteiger partial charge in [-0.1, -0.05) is 0 Å². The van der Waals surface area contributed by atoms with E-state index in [4.69, 9.17) is 18.3 Å². The van der Waals surface area contributed by atoms with Crippen LogP contribution in [0.15, 0.2) is 79.1 Å². The van der Waals surface area contributed by atoms with Crippen LogP contribution in [0.4, 0.5) is 4.79 Å². The molecule has 2 aromatic carbocycles. The van der Waals surface area contributed by atoms with E-state index in [0.29, 0.717) is 10.8 Å². The molecule has 0 radical (unpaired) electrons. The van der Waals surface area contributed by atoms with Gasteiger partial charge in [-0.3, -0.25) is 0 Å². The maximum absolute atomic E-state index is 12.0. The molecule has 0 aliphatic carbocycles. The van der Waals surface area contributed by atoms with Crippen molar-refractivity contribution in [1.82, 2.24) is 0 Å². The summed E-state index contributed by atoms with van der Waals surface area (Å²) in [5.41, 5.74) is -0.435. The van der Waals surface area contributed by atoms with Crippen molar-refractivity contribution in [2.75, 3.05) is 0 Å². The maximum Gasteiger partial charge on any atom is 0.519 e. The third kappa shape index (κ3) is 3.18. The molecule has 26 heavy (non-hydrogen) atoms. The summed E-state index contributed by atoms with van der Waals surface area (Å²) in [5, 5.41) is 1.38. The summed E-state index contributed by atoms with van der Waals surface area (Å²) in [5.74, 6) is 0.313. The minimum Gasteiger partial charge on any atom is -0.423 e. The van der Waals surface area contributed by atoms with E-state index in [2.05, 4.69) is 0 Å². The molecule has 0 saturated carbocycles. The van der Waals surface area contributed by atoms with Gasteiger partial charge in [0.15, 0.2) is 0 Å². The lowest BCUT2D eigenvalue weighted by atomic mass is 10.2. The van der Waals surface area contributed by atoms with E-state index >= 15 is 0 Å². The molecule has 7 heteroatoms. The molecule has 7 nitrogen and oxygen atoms in total. The number of fused-ring (bicyclic) bond motifs is 2. The van der Waals surface area contributed by atoms with E-state index in [1.54, 1.807) is 36.4 Å². The number of hydrogen-bond donors (Lipinski definition) is 0. The van der Waals surface area contributed by atoms with Crippen molar-refractivity contribution in [1.29, 1.82) is 0 Å². The molecule has 0 amide bonds. The molecular formula is C19H10O7. The zero-order chi connectivity index (χ0) is 18.1. The minimum absolute atomic E-state index is 0.157. The van der Waals surface area contributed by atoms with Gasteiger partial charge in [0.05, 0.1) is 0 Å². The highest BCUT2D eigenvalue weighted by Gasteiger charge is 2.10. The third-order valence-corrected chi connectivity index (χ3v) is 3.59. The van der Waals surface area contributed by atoms with Crippen LogP contribution in [0.1, 0.15) is 0 Å². The van der Waals surface area contributed by atoms with E-state index in [0.717, 1.165) is 0 Å². The van der Waals surface area contributed by atoms with Crippen molar-refractivity contribution in [2.24, 2.45) is 0 Å².